The fourth-order valence-corrected chi connectivity index (χ4v) is 1.76. The van der Waals surface area contributed by atoms with Crippen LogP contribution in [0.1, 0.15) is 23.2 Å². The van der Waals surface area contributed by atoms with Crippen LogP contribution in [0.15, 0.2) is 18.2 Å². The minimum atomic E-state index is -0.635. The molecule has 92 valence electrons. The summed E-state index contributed by atoms with van der Waals surface area (Å²) >= 11 is 5.60. The molecule has 0 spiro atoms. The number of aliphatic hydroxyl groups is 1. The molecule has 2 N–H and O–H groups in total. The highest BCUT2D eigenvalue weighted by molar-refractivity contribution is 6.30. The normalized spacial score (nSPS) is 16.6. The summed E-state index contributed by atoms with van der Waals surface area (Å²) in [6.07, 6.45) is 1.79. The first kappa shape index (κ1) is 12.3. The Bertz CT molecular complexity index is 446. The zero-order valence-corrected chi connectivity index (χ0v) is 9.93. The monoisotopic (exact) mass is 257 g/mol. The van der Waals surface area contributed by atoms with Crippen LogP contribution in [0.3, 0.4) is 0 Å². The van der Waals surface area contributed by atoms with E-state index in [4.69, 9.17) is 16.7 Å². The Balaban J connectivity index is 2.00. The van der Waals surface area contributed by atoms with Crippen LogP contribution < -0.4 is 5.32 Å². The Kier molecular flexibility index (Phi) is 3.35. The summed E-state index contributed by atoms with van der Waals surface area (Å²) < 4.78 is 13.4. The van der Waals surface area contributed by atoms with Crippen molar-refractivity contribution in [3.8, 4) is 0 Å². The van der Waals surface area contributed by atoms with Gasteiger partial charge in [-0.3, -0.25) is 4.79 Å². The lowest BCUT2D eigenvalue weighted by Gasteiger charge is -2.12. The summed E-state index contributed by atoms with van der Waals surface area (Å²) in [5.41, 5.74) is -0.207. The molecule has 0 radical (unpaired) electrons. The predicted molar refractivity (Wildman–Crippen MR) is 62.5 cm³/mol. The van der Waals surface area contributed by atoms with Gasteiger partial charge in [0.1, 0.15) is 5.82 Å². The van der Waals surface area contributed by atoms with Gasteiger partial charge in [-0.05, 0) is 31.0 Å². The number of carbonyl (C=O) groups excluding carboxylic acids is 1. The third kappa shape index (κ3) is 2.76. The third-order valence-corrected chi connectivity index (χ3v) is 3.33. The van der Waals surface area contributed by atoms with E-state index < -0.39 is 11.7 Å². The topological polar surface area (TPSA) is 49.3 Å². The van der Waals surface area contributed by atoms with E-state index in [2.05, 4.69) is 5.32 Å². The van der Waals surface area contributed by atoms with Gasteiger partial charge in [0.2, 0.25) is 0 Å². The Hall–Kier alpha value is -1.13. The van der Waals surface area contributed by atoms with Crippen molar-refractivity contribution in [2.45, 2.75) is 12.8 Å². The lowest BCUT2D eigenvalue weighted by Crippen LogP contribution is -2.32. The summed E-state index contributed by atoms with van der Waals surface area (Å²) in [5.74, 6) is -1.11. The van der Waals surface area contributed by atoms with Crippen LogP contribution in [0.25, 0.3) is 0 Å². The third-order valence-electron chi connectivity index (χ3n) is 3.09. The highest BCUT2D eigenvalue weighted by Crippen LogP contribution is 2.44. The van der Waals surface area contributed by atoms with E-state index in [1.807, 2.05) is 0 Å². The number of hydrogen-bond acceptors (Lipinski definition) is 2. The fraction of sp³-hybridized carbons (Fsp3) is 0.417. The molecule has 1 amide bonds. The second-order valence-electron chi connectivity index (χ2n) is 4.46. The van der Waals surface area contributed by atoms with Crippen molar-refractivity contribution in [2.24, 2.45) is 5.41 Å². The first-order chi connectivity index (χ1) is 8.06. The predicted octanol–water partition coefficient (Wildman–Crippen LogP) is 1.98. The molecule has 1 aliphatic rings. The fourth-order valence-electron chi connectivity index (χ4n) is 1.60. The molecule has 0 bridgehead atoms. The molecule has 1 aromatic rings. The van der Waals surface area contributed by atoms with Crippen molar-refractivity contribution in [1.82, 2.24) is 5.32 Å². The number of halogens is 2. The summed E-state index contributed by atoms with van der Waals surface area (Å²) in [6.45, 7) is 0.431. The molecule has 0 saturated heterocycles. The lowest BCUT2D eigenvalue weighted by atomic mass is 10.1. The van der Waals surface area contributed by atoms with Gasteiger partial charge in [-0.1, -0.05) is 11.6 Å². The van der Waals surface area contributed by atoms with Gasteiger partial charge in [0.15, 0.2) is 0 Å². The number of nitrogens with one attached hydrogen (secondary N) is 1. The molecule has 5 heteroatoms. The minimum Gasteiger partial charge on any atom is -0.396 e. The maximum absolute atomic E-state index is 13.4. The molecule has 0 aromatic heterocycles. The molecule has 1 saturated carbocycles. The molecule has 2 rings (SSSR count). The quantitative estimate of drug-likeness (QED) is 0.867. The number of benzene rings is 1. The molecule has 1 aliphatic carbocycles. The van der Waals surface area contributed by atoms with E-state index in [0.29, 0.717) is 6.54 Å². The first-order valence-electron chi connectivity index (χ1n) is 5.40. The van der Waals surface area contributed by atoms with Crippen LogP contribution in [-0.4, -0.2) is 24.2 Å². The maximum Gasteiger partial charge on any atom is 0.254 e. The van der Waals surface area contributed by atoms with Gasteiger partial charge >= 0.3 is 0 Å². The van der Waals surface area contributed by atoms with E-state index in [1.165, 1.54) is 12.1 Å². The Labute approximate surface area is 104 Å². The van der Waals surface area contributed by atoms with E-state index in [1.54, 1.807) is 0 Å². The minimum absolute atomic E-state index is 0.0249. The maximum atomic E-state index is 13.4. The Morgan fingerprint density at radius 3 is 2.76 bits per heavy atom. The van der Waals surface area contributed by atoms with Gasteiger partial charge in [-0.15, -0.1) is 0 Å². The van der Waals surface area contributed by atoms with Crippen molar-refractivity contribution in [3.05, 3.63) is 34.6 Å². The summed E-state index contributed by atoms with van der Waals surface area (Å²) in [7, 11) is 0. The average molecular weight is 258 g/mol. The van der Waals surface area contributed by atoms with E-state index in [-0.39, 0.29) is 22.6 Å². The number of aliphatic hydroxyl groups excluding tert-OH is 1. The largest absolute Gasteiger partial charge is 0.396 e. The Morgan fingerprint density at radius 1 is 1.53 bits per heavy atom. The standard InChI is InChI=1S/C12H13ClFNO2/c13-8-1-2-9(10(14)5-8)11(17)15-6-12(7-16)3-4-12/h1-2,5,16H,3-4,6-7H2,(H,15,17). The Morgan fingerprint density at radius 2 is 2.24 bits per heavy atom. The van der Waals surface area contributed by atoms with Crippen LogP contribution in [-0.2, 0) is 0 Å². The molecular weight excluding hydrogens is 245 g/mol. The van der Waals surface area contributed by atoms with Crippen LogP contribution in [0, 0.1) is 11.2 Å². The molecule has 0 atom stereocenters. The van der Waals surface area contributed by atoms with Crippen LogP contribution in [0.5, 0.6) is 0 Å². The zero-order chi connectivity index (χ0) is 12.5. The average Bonchev–Trinajstić information content (AvgIpc) is 3.07. The molecule has 0 aliphatic heterocycles. The molecule has 0 unspecified atom stereocenters. The van der Waals surface area contributed by atoms with E-state index in [9.17, 15) is 9.18 Å². The number of amides is 1. The van der Waals surface area contributed by atoms with Crippen molar-refractivity contribution < 1.29 is 14.3 Å². The second kappa shape index (κ2) is 4.63. The van der Waals surface area contributed by atoms with Crippen LogP contribution in [0.2, 0.25) is 5.02 Å². The number of carbonyl (C=O) groups is 1. The smallest absolute Gasteiger partial charge is 0.254 e. The van der Waals surface area contributed by atoms with Crippen molar-refractivity contribution in [3.63, 3.8) is 0 Å². The number of hydrogen-bond donors (Lipinski definition) is 2. The van der Waals surface area contributed by atoms with Gasteiger partial charge < -0.3 is 10.4 Å². The molecule has 1 aromatic carbocycles. The molecule has 17 heavy (non-hydrogen) atoms. The molecule has 3 nitrogen and oxygen atoms in total. The first-order valence-corrected chi connectivity index (χ1v) is 5.78. The van der Waals surface area contributed by atoms with Gasteiger partial charge in [-0.25, -0.2) is 4.39 Å². The lowest BCUT2D eigenvalue weighted by molar-refractivity contribution is 0.0931. The van der Waals surface area contributed by atoms with Gasteiger partial charge in [0, 0.05) is 17.0 Å². The summed E-state index contributed by atoms with van der Waals surface area (Å²) in [6, 6.07) is 3.93. The van der Waals surface area contributed by atoms with Gasteiger partial charge in [0.05, 0.1) is 12.2 Å². The molecule has 1 fully saturated rings. The number of rotatable bonds is 4. The summed E-state index contributed by atoms with van der Waals surface area (Å²) in [5, 5.41) is 12.0. The van der Waals surface area contributed by atoms with Gasteiger partial charge in [0.25, 0.3) is 5.91 Å². The SMILES string of the molecule is O=C(NCC1(CO)CC1)c1ccc(Cl)cc1F. The van der Waals surface area contributed by atoms with Crippen molar-refractivity contribution in [1.29, 1.82) is 0 Å². The van der Waals surface area contributed by atoms with Crippen LogP contribution >= 0.6 is 11.6 Å². The van der Waals surface area contributed by atoms with Crippen molar-refractivity contribution in [2.75, 3.05) is 13.2 Å². The van der Waals surface area contributed by atoms with Gasteiger partial charge in [-0.2, -0.15) is 0 Å². The van der Waals surface area contributed by atoms with E-state index >= 15 is 0 Å². The second-order valence-corrected chi connectivity index (χ2v) is 4.90. The molecule has 0 heterocycles. The van der Waals surface area contributed by atoms with Crippen LogP contribution in [0.4, 0.5) is 4.39 Å². The summed E-state index contributed by atoms with van der Waals surface area (Å²) in [4.78, 5) is 11.7. The zero-order valence-electron chi connectivity index (χ0n) is 9.17. The molecular formula is C12H13ClFNO2. The van der Waals surface area contributed by atoms with E-state index in [0.717, 1.165) is 18.9 Å². The van der Waals surface area contributed by atoms with Crippen molar-refractivity contribution >= 4 is 17.5 Å². The highest BCUT2D eigenvalue weighted by atomic mass is 35.5. The highest BCUT2D eigenvalue weighted by Gasteiger charge is 2.42.